The summed E-state index contributed by atoms with van der Waals surface area (Å²) in [6.45, 7) is 9.16. The van der Waals surface area contributed by atoms with Gasteiger partial charge in [-0.05, 0) is 56.1 Å². The third-order valence-electron chi connectivity index (χ3n) is 3.20. The van der Waals surface area contributed by atoms with Crippen LogP contribution in [0.25, 0.3) is 0 Å². The number of hydrogen-bond donors (Lipinski definition) is 1. The van der Waals surface area contributed by atoms with Crippen LogP contribution in [0.5, 0.6) is 5.75 Å². The van der Waals surface area contributed by atoms with Crippen molar-refractivity contribution in [2.75, 3.05) is 6.54 Å². The van der Waals surface area contributed by atoms with Crippen LogP contribution in [0.1, 0.15) is 43.5 Å². The first-order chi connectivity index (χ1) is 10.1. The molecule has 1 aromatic carbocycles. The van der Waals surface area contributed by atoms with E-state index in [1.54, 1.807) is 0 Å². The Morgan fingerprint density at radius 1 is 1.14 bits per heavy atom. The van der Waals surface area contributed by atoms with Crippen molar-refractivity contribution in [2.45, 2.75) is 39.8 Å². The Kier molecular flexibility index (Phi) is 5.34. The van der Waals surface area contributed by atoms with Gasteiger partial charge in [0.25, 0.3) is 0 Å². The van der Waals surface area contributed by atoms with E-state index < -0.39 is 0 Å². The predicted molar refractivity (Wildman–Crippen MR) is 86.7 cm³/mol. The molecule has 0 bridgehead atoms. The molecule has 1 unspecified atom stereocenters. The van der Waals surface area contributed by atoms with Crippen LogP contribution in [-0.2, 0) is 0 Å². The predicted octanol–water partition coefficient (Wildman–Crippen LogP) is 3.88. The molecule has 0 aliphatic heterocycles. The van der Waals surface area contributed by atoms with E-state index in [2.05, 4.69) is 42.3 Å². The van der Waals surface area contributed by atoms with E-state index in [0.29, 0.717) is 0 Å². The zero-order valence-corrected chi connectivity index (χ0v) is 13.3. The average molecular weight is 284 g/mol. The molecular weight excluding hydrogens is 260 g/mol. The summed E-state index contributed by atoms with van der Waals surface area (Å²) in [6.07, 6.45) is 3.99. The number of pyridine rings is 1. The second-order valence-electron chi connectivity index (χ2n) is 5.53. The van der Waals surface area contributed by atoms with Gasteiger partial charge >= 0.3 is 0 Å². The summed E-state index contributed by atoms with van der Waals surface area (Å²) in [4.78, 5) is 4.31. The average Bonchev–Trinajstić information content (AvgIpc) is 2.44. The van der Waals surface area contributed by atoms with Crippen LogP contribution in [0.4, 0.5) is 0 Å². The monoisotopic (exact) mass is 284 g/mol. The van der Waals surface area contributed by atoms with Crippen molar-refractivity contribution in [3.8, 4) is 5.75 Å². The molecule has 2 rings (SSSR count). The molecule has 3 nitrogen and oxygen atoms in total. The van der Waals surface area contributed by atoms with Crippen LogP contribution in [0, 0.1) is 6.92 Å². The fraction of sp³-hybridized carbons (Fsp3) is 0.389. The molecule has 21 heavy (non-hydrogen) atoms. The van der Waals surface area contributed by atoms with Crippen molar-refractivity contribution in [3.05, 3.63) is 59.4 Å². The van der Waals surface area contributed by atoms with Gasteiger partial charge in [-0.25, -0.2) is 0 Å². The Labute approximate surface area is 127 Å². The first-order valence-corrected chi connectivity index (χ1v) is 7.51. The van der Waals surface area contributed by atoms with Gasteiger partial charge in [0.05, 0.1) is 12.1 Å². The summed E-state index contributed by atoms with van der Waals surface area (Å²) in [6, 6.07) is 10.6. The number of aromatic nitrogens is 1. The minimum atomic E-state index is 0.137. The van der Waals surface area contributed by atoms with Crippen LogP contribution >= 0.6 is 0 Å². The first kappa shape index (κ1) is 15.5. The Bertz CT molecular complexity index is 581. The highest BCUT2D eigenvalue weighted by Gasteiger charge is 2.14. The lowest BCUT2D eigenvalue weighted by molar-refractivity contribution is 0.242. The van der Waals surface area contributed by atoms with Gasteiger partial charge < -0.3 is 10.1 Å². The smallest absolute Gasteiger partial charge is 0.120 e. The topological polar surface area (TPSA) is 34.2 Å². The molecule has 0 saturated carbocycles. The molecule has 1 aromatic heterocycles. The number of aryl methyl sites for hydroxylation is 1. The second-order valence-corrected chi connectivity index (χ2v) is 5.53. The molecule has 2 aromatic rings. The molecule has 1 N–H and O–H groups in total. The van der Waals surface area contributed by atoms with Crippen molar-refractivity contribution in [1.29, 1.82) is 0 Å². The maximum atomic E-state index is 5.80. The van der Waals surface area contributed by atoms with E-state index in [4.69, 9.17) is 4.74 Å². The summed E-state index contributed by atoms with van der Waals surface area (Å²) in [7, 11) is 0. The van der Waals surface area contributed by atoms with E-state index >= 15 is 0 Å². The third kappa shape index (κ3) is 4.30. The minimum absolute atomic E-state index is 0.137. The number of benzene rings is 1. The zero-order chi connectivity index (χ0) is 15.2. The van der Waals surface area contributed by atoms with Crippen LogP contribution in [0.3, 0.4) is 0 Å². The van der Waals surface area contributed by atoms with E-state index in [9.17, 15) is 0 Å². The Morgan fingerprint density at radius 2 is 1.95 bits per heavy atom. The van der Waals surface area contributed by atoms with E-state index in [1.807, 2.05) is 38.4 Å². The maximum Gasteiger partial charge on any atom is 0.120 e. The molecule has 3 heteroatoms. The fourth-order valence-electron chi connectivity index (χ4n) is 2.41. The van der Waals surface area contributed by atoms with Gasteiger partial charge in [-0.1, -0.05) is 25.1 Å². The van der Waals surface area contributed by atoms with Gasteiger partial charge in [0.1, 0.15) is 5.75 Å². The van der Waals surface area contributed by atoms with Crippen LogP contribution in [0.2, 0.25) is 0 Å². The Morgan fingerprint density at radius 3 is 2.62 bits per heavy atom. The minimum Gasteiger partial charge on any atom is -0.491 e. The zero-order valence-electron chi connectivity index (χ0n) is 13.3. The lowest BCUT2D eigenvalue weighted by Gasteiger charge is -2.20. The molecule has 0 aliphatic rings. The van der Waals surface area contributed by atoms with Crippen molar-refractivity contribution < 1.29 is 4.74 Å². The molecule has 1 atom stereocenters. The molecule has 0 amide bonds. The lowest BCUT2D eigenvalue weighted by Crippen LogP contribution is -2.22. The van der Waals surface area contributed by atoms with E-state index in [0.717, 1.165) is 12.3 Å². The molecule has 0 spiro atoms. The SMILES string of the molecule is CCNC(c1cncc(C)c1)c1cccc(OC(C)C)c1. The third-order valence-corrected chi connectivity index (χ3v) is 3.20. The van der Waals surface area contributed by atoms with Crippen molar-refractivity contribution in [1.82, 2.24) is 10.3 Å². The molecule has 0 radical (unpaired) electrons. The summed E-state index contributed by atoms with van der Waals surface area (Å²) >= 11 is 0. The summed E-state index contributed by atoms with van der Waals surface area (Å²) < 4.78 is 5.80. The Hall–Kier alpha value is -1.87. The van der Waals surface area contributed by atoms with Gasteiger partial charge in [-0.2, -0.15) is 0 Å². The standard InChI is InChI=1S/C18H24N2O/c1-5-20-18(16-9-14(4)11-19-12-16)15-7-6-8-17(10-15)21-13(2)3/h6-13,18,20H,5H2,1-4H3. The van der Waals surface area contributed by atoms with E-state index in [1.165, 1.54) is 16.7 Å². The number of nitrogens with one attached hydrogen (secondary N) is 1. The molecule has 1 heterocycles. The molecule has 0 fully saturated rings. The molecule has 112 valence electrons. The van der Waals surface area contributed by atoms with Crippen LogP contribution < -0.4 is 10.1 Å². The van der Waals surface area contributed by atoms with Crippen LogP contribution in [-0.4, -0.2) is 17.6 Å². The first-order valence-electron chi connectivity index (χ1n) is 7.51. The number of hydrogen-bond acceptors (Lipinski definition) is 3. The maximum absolute atomic E-state index is 5.80. The largest absolute Gasteiger partial charge is 0.491 e. The lowest BCUT2D eigenvalue weighted by atomic mass is 9.99. The molecular formula is C18H24N2O. The number of nitrogens with zero attached hydrogens (tertiary/aromatic N) is 1. The van der Waals surface area contributed by atoms with Gasteiger partial charge in [-0.3, -0.25) is 4.98 Å². The van der Waals surface area contributed by atoms with Crippen molar-refractivity contribution in [2.24, 2.45) is 0 Å². The number of rotatable bonds is 6. The van der Waals surface area contributed by atoms with Gasteiger partial charge in [0, 0.05) is 12.4 Å². The highest BCUT2D eigenvalue weighted by atomic mass is 16.5. The van der Waals surface area contributed by atoms with Crippen LogP contribution in [0.15, 0.2) is 42.7 Å². The van der Waals surface area contributed by atoms with Crippen molar-refractivity contribution >= 4 is 0 Å². The number of ether oxygens (including phenoxy) is 1. The van der Waals surface area contributed by atoms with Gasteiger partial charge in [0.15, 0.2) is 0 Å². The highest BCUT2D eigenvalue weighted by Crippen LogP contribution is 2.25. The van der Waals surface area contributed by atoms with E-state index in [-0.39, 0.29) is 12.1 Å². The normalized spacial score (nSPS) is 12.4. The van der Waals surface area contributed by atoms with Crippen molar-refractivity contribution in [3.63, 3.8) is 0 Å². The van der Waals surface area contributed by atoms with Gasteiger partial charge in [0.2, 0.25) is 0 Å². The highest BCUT2D eigenvalue weighted by molar-refractivity contribution is 5.36. The summed E-state index contributed by atoms with van der Waals surface area (Å²) in [5, 5.41) is 3.53. The fourth-order valence-corrected chi connectivity index (χ4v) is 2.41. The quantitative estimate of drug-likeness (QED) is 0.874. The second kappa shape index (κ2) is 7.23. The summed E-state index contributed by atoms with van der Waals surface area (Å²) in [5.41, 5.74) is 3.55. The Balaban J connectivity index is 2.34. The molecule has 0 saturated heterocycles. The summed E-state index contributed by atoms with van der Waals surface area (Å²) in [5.74, 6) is 0.908. The van der Waals surface area contributed by atoms with Gasteiger partial charge in [-0.15, -0.1) is 0 Å². The molecule has 0 aliphatic carbocycles.